The van der Waals surface area contributed by atoms with Crippen molar-refractivity contribution in [2.24, 2.45) is 0 Å². The molecule has 0 aliphatic rings. The molecule has 0 unspecified atom stereocenters. The molecule has 0 spiro atoms. The average Bonchev–Trinajstić information content (AvgIpc) is 2.89. The number of halogens is 1. The van der Waals surface area contributed by atoms with Crippen LogP contribution in [0.5, 0.6) is 0 Å². The number of carbonyl (C=O) groups is 1. The highest BCUT2D eigenvalue weighted by atomic mass is 35.5. The zero-order valence-corrected chi connectivity index (χ0v) is 16.0. The standard InChI is InChI=1S/C21H22ClN3O/c1-14-8-10-17(11-9-14)13-25-16(3)20(15(2)24-25)21(26)23-12-18-6-4-5-7-19(18)22/h4-11H,12-13H2,1-3H3,(H,23,26). The van der Waals surface area contributed by atoms with Crippen molar-refractivity contribution in [3.05, 3.63) is 87.2 Å². The number of aryl methyl sites for hydroxylation is 2. The van der Waals surface area contributed by atoms with E-state index in [9.17, 15) is 4.79 Å². The van der Waals surface area contributed by atoms with E-state index in [1.54, 1.807) is 0 Å². The van der Waals surface area contributed by atoms with E-state index < -0.39 is 0 Å². The Morgan fingerprint density at radius 2 is 1.77 bits per heavy atom. The number of hydrogen-bond donors (Lipinski definition) is 1. The van der Waals surface area contributed by atoms with Gasteiger partial charge in [-0.1, -0.05) is 59.6 Å². The molecule has 0 aliphatic carbocycles. The molecular formula is C21H22ClN3O. The van der Waals surface area contributed by atoms with Gasteiger partial charge in [0.25, 0.3) is 5.91 Å². The van der Waals surface area contributed by atoms with Gasteiger partial charge in [-0.2, -0.15) is 5.10 Å². The van der Waals surface area contributed by atoms with Crippen LogP contribution < -0.4 is 5.32 Å². The van der Waals surface area contributed by atoms with E-state index in [-0.39, 0.29) is 5.91 Å². The maximum absolute atomic E-state index is 12.7. The summed E-state index contributed by atoms with van der Waals surface area (Å²) in [6.45, 7) is 6.89. The number of benzene rings is 2. The van der Waals surface area contributed by atoms with Crippen molar-refractivity contribution in [1.82, 2.24) is 15.1 Å². The van der Waals surface area contributed by atoms with E-state index in [4.69, 9.17) is 11.6 Å². The summed E-state index contributed by atoms with van der Waals surface area (Å²) in [5.41, 5.74) is 5.49. The van der Waals surface area contributed by atoms with Gasteiger partial charge in [0.2, 0.25) is 0 Å². The Bertz CT molecular complexity index is 929. The van der Waals surface area contributed by atoms with E-state index >= 15 is 0 Å². The van der Waals surface area contributed by atoms with Crippen LogP contribution in [0.25, 0.3) is 0 Å². The Kier molecular flexibility index (Phi) is 5.43. The first-order chi connectivity index (χ1) is 12.5. The molecule has 0 saturated heterocycles. The Morgan fingerprint density at radius 1 is 1.08 bits per heavy atom. The van der Waals surface area contributed by atoms with E-state index in [0.717, 1.165) is 22.5 Å². The van der Waals surface area contributed by atoms with Crippen molar-refractivity contribution in [2.75, 3.05) is 0 Å². The van der Waals surface area contributed by atoms with Gasteiger partial charge in [-0.05, 0) is 38.0 Å². The second-order valence-electron chi connectivity index (χ2n) is 6.46. The molecule has 5 heteroatoms. The van der Waals surface area contributed by atoms with Gasteiger partial charge in [0.15, 0.2) is 0 Å². The highest BCUT2D eigenvalue weighted by Gasteiger charge is 2.18. The Hall–Kier alpha value is -2.59. The molecule has 26 heavy (non-hydrogen) atoms. The lowest BCUT2D eigenvalue weighted by atomic mass is 10.1. The maximum Gasteiger partial charge on any atom is 0.255 e. The number of nitrogens with one attached hydrogen (secondary N) is 1. The first-order valence-corrected chi connectivity index (χ1v) is 8.94. The van der Waals surface area contributed by atoms with Gasteiger partial charge in [-0.3, -0.25) is 9.48 Å². The maximum atomic E-state index is 12.7. The molecular weight excluding hydrogens is 346 g/mol. The molecule has 1 amide bonds. The molecule has 0 saturated carbocycles. The van der Waals surface area contributed by atoms with Gasteiger partial charge in [0.1, 0.15) is 0 Å². The highest BCUT2D eigenvalue weighted by Crippen LogP contribution is 2.17. The number of nitrogens with zero attached hydrogens (tertiary/aromatic N) is 2. The molecule has 3 aromatic rings. The van der Waals surface area contributed by atoms with Crippen molar-refractivity contribution in [1.29, 1.82) is 0 Å². The lowest BCUT2D eigenvalue weighted by molar-refractivity contribution is 0.0949. The van der Waals surface area contributed by atoms with Crippen LogP contribution in [0, 0.1) is 20.8 Å². The summed E-state index contributed by atoms with van der Waals surface area (Å²) < 4.78 is 1.88. The first kappa shape index (κ1) is 18.2. The molecule has 1 N–H and O–H groups in total. The molecule has 134 valence electrons. The minimum Gasteiger partial charge on any atom is -0.348 e. The van der Waals surface area contributed by atoms with Crippen LogP contribution in [0.4, 0.5) is 0 Å². The average molecular weight is 368 g/mol. The van der Waals surface area contributed by atoms with E-state index in [0.29, 0.717) is 23.7 Å². The Balaban J connectivity index is 1.75. The van der Waals surface area contributed by atoms with Crippen LogP contribution in [0.2, 0.25) is 5.02 Å². The second-order valence-corrected chi connectivity index (χ2v) is 6.87. The van der Waals surface area contributed by atoms with Gasteiger partial charge < -0.3 is 5.32 Å². The predicted octanol–water partition coefficient (Wildman–Crippen LogP) is 4.44. The monoisotopic (exact) mass is 367 g/mol. The van der Waals surface area contributed by atoms with Gasteiger partial charge >= 0.3 is 0 Å². The van der Waals surface area contributed by atoms with Crippen LogP contribution in [0.3, 0.4) is 0 Å². The fourth-order valence-corrected chi connectivity index (χ4v) is 3.15. The molecule has 0 aliphatic heterocycles. The van der Waals surface area contributed by atoms with Crippen molar-refractivity contribution in [3.63, 3.8) is 0 Å². The minimum absolute atomic E-state index is 0.130. The zero-order valence-electron chi connectivity index (χ0n) is 15.2. The number of hydrogen-bond acceptors (Lipinski definition) is 2. The molecule has 1 heterocycles. The Labute approximate surface area is 158 Å². The van der Waals surface area contributed by atoms with E-state index in [2.05, 4.69) is 41.6 Å². The van der Waals surface area contributed by atoms with E-state index in [1.165, 1.54) is 5.56 Å². The topological polar surface area (TPSA) is 46.9 Å². The van der Waals surface area contributed by atoms with Gasteiger partial charge in [0, 0.05) is 17.3 Å². The molecule has 2 aromatic carbocycles. The minimum atomic E-state index is -0.130. The summed E-state index contributed by atoms with van der Waals surface area (Å²) in [5.74, 6) is -0.130. The largest absolute Gasteiger partial charge is 0.348 e. The van der Waals surface area contributed by atoms with E-state index in [1.807, 2.05) is 42.8 Å². The van der Waals surface area contributed by atoms with Crippen LogP contribution in [-0.4, -0.2) is 15.7 Å². The molecule has 1 aromatic heterocycles. The molecule has 0 fully saturated rings. The second kappa shape index (κ2) is 7.75. The van der Waals surface area contributed by atoms with Crippen LogP contribution in [0.1, 0.15) is 38.4 Å². The number of carbonyl (C=O) groups excluding carboxylic acids is 1. The van der Waals surface area contributed by atoms with Crippen molar-refractivity contribution >= 4 is 17.5 Å². The third kappa shape index (κ3) is 3.97. The summed E-state index contributed by atoms with van der Waals surface area (Å²) >= 11 is 6.15. The van der Waals surface area contributed by atoms with Crippen LogP contribution in [0.15, 0.2) is 48.5 Å². The lowest BCUT2D eigenvalue weighted by Gasteiger charge is -2.08. The van der Waals surface area contributed by atoms with Crippen LogP contribution in [-0.2, 0) is 13.1 Å². The van der Waals surface area contributed by atoms with Gasteiger partial charge in [0.05, 0.1) is 17.8 Å². The molecule has 0 radical (unpaired) electrons. The predicted molar refractivity (Wildman–Crippen MR) is 105 cm³/mol. The van der Waals surface area contributed by atoms with Crippen molar-refractivity contribution in [2.45, 2.75) is 33.9 Å². The third-order valence-corrected chi connectivity index (χ3v) is 4.83. The fourth-order valence-electron chi connectivity index (χ4n) is 2.95. The molecule has 4 nitrogen and oxygen atoms in total. The highest BCUT2D eigenvalue weighted by molar-refractivity contribution is 6.31. The quantitative estimate of drug-likeness (QED) is 0.724. The van der Waals surface area contributed by atoms with Gasteiger partial charge in [-0.15, -0.1) is 0 Å². The molecule has 0 bridgehead atoms. The fraction of sp³-hybridized carbons (Fsp3) is 0.238. The summed E-state index contributed by atoms with van der Waals surface area (Å²) in [5, 5.41) is 8.15. The number of aromatic nitrogens is 2. The summed E-state index contributed by atoms with van der Waals surface area (Å²) in [6.07, 6.45) is 0. The number of rotatable bonds is 5. The lowest BCUT2D eigenvalue weighted by Crippen LogP contribution is -2.24. The summed E-state index contributed by atoms with van der Waals surface area (Å²) in [4.78, 5) is 12.7. The normalized spacial score (nSPS) is 10.8. The molecule has 3 rings (SSSR count). The van der Waals surface area contributed by atoms with Crippen molar-refractivity contribution < 1.29 is 4.79 Å². The summed E-state index contributed by atoms with van der Waals surface area (Å²) in [6, 6.07) is 15.8. The number of amides is 1. The molecule has 0 atom stereocenters. The third-order valence-electron chi connectivity index (χ3n) is 4.46. The smallest absolute Gasteiger partial charge is 0.255 e. The van der Waals surface area contributed by atoms with Crippen molar-refractivity contribution in [3.8, 4) is 0 Å². The van der Waals surface area contributed by atoms with Gasteiger partial charge in [-0.25, -0.2) is 0 Å². The summed E-state index contributed by atoms with van der Waals surface area (Å²) in [7, 11) is 0. The first-order valence-electron chi connectivity index (χ1n) is 8.57. The van der Waals surface area contributed by atoms with Crippen LogP contribution >= 0.6 is 11.6 Å². The zero-order chi connectivity index (χ0) is 18.7. The Morgan fingerprint density at radius 3 is 2.46 bits per heavy atom. The SMILES string of the molecule is Cc1ccc(Cn2nc(C)c(C(=O)NCc3ccccc3Cl)c2C)cc1.